The number of hydrogen-bond acceptors (Lipinski definition) is 4. The van der Waals surface area contributed by atoms with Crippen molar-refractivity contribution >= 4 is 22.5 Å². The second-order valence-electron chi connectivity index (χ2n) is 2.43. The quantitative estimate of drug-likeness (QED) is 0.483. The summed E-state index contributed by atoms with van der Waals surface area (Å²) in [6.07, 6.45) is 0. The van der Waals surface area contributed by atoms with Crippen molar-refractivity contribution in [1.29, 1.82) is 0 Å². The minimum atomic E-state index is -2.30. The molecule has 1 aromatic rings. The molecule has 1 aromatic carbocycles. The fourth-order valence-electron chi connectivity index (χ4n) is 0.907. The van der Waals surface area contributed by atoms with E-state index < -0.39 is 11.1 Å². The Morgan fingerprint density at radius 2 is 2.14 bits per heavy atom. The molecule has 1 rings (SSSR count). The van der Waals surface area contributed by atoms with Gasteiger partial charge in [0.1, 0.15) is 5.76 Å². The Bertz CT molecular complexity index is 381. The maximum absolute atomic E-state index is 10.5. The van der Waals surface area contributed by atoms with E-state index in [0.717, 1.165) is 0 Å². The molecular formula is C8H8NO3SY+2. The number of hydrogen-bond donors (Lipinski definition) is 2. The second kappa shape index (κ2) is 5.61. The van der Waals surface area contributed by atoms with E-state index in [1.807, 2.05) is 0 Å². The molecule has 0 saturated carbocycles. The first-order chi connectivity index (χ1) is 6.02. The number of benzene rings is 1. The molecule has 0 aliphatic heterocycles. The summed E-state index contributed by atoms with van der Waals surface area (Å²) >= 11 is -2.30. The van der Waals surface area contributed by atoms with Crippen LogP contribution in [0.1, 0.15) is 5.56 Å². The first-order valence-electron chi connectivity index (χ1n) is 3.39. The molecule has 1 unspecified atom stereocenters. The molecule has 4 nitrogen and oxygen atoms in total. The van der Waals surface area contributed by atoms with E-state index >= 15 is 0 Å². The van der Waals surface area contributed by atoms with Crippen LogP contribution in [0.25, 0.3) is 5.76 Å². The second-order valence-corrected chi connectivity index (χ2v) is 3.37. The van der Waals surface area contributed by atoms with Gasteiger partial charge in [-0.15, -0.1) is 0 Å². The molecule has 6 heteroatoms. The van der Waals surface area contributed by atoms with E-state index in [1.165, 1.54) is 18.2 Å². The SMILES string of the molecule is C=C(O)c1ccc(S(=O)[O-])cc1N.[Y+3]. The van der Waals surface area contributed by atoms with Crippen molar-refractivity contribution in [2.45, 2.75) is 4.90 Å². The van der Waals surface area contributed by atoms with E-state index in [2.05, 4.69) is 6.58 Å². The third-order valence-electron chi connectivity index (χ3n) is 1.53. The van der Waals surface area contributed by atoms with Crippen molar-refractivity contribution < 1.29 is 46.6 Å². The molecule has 14 heavy (non-hydrogen) atoms. The predicted molar refractivity (Wildman–Crippen MR) is 49.7 cm³/mol. The molecular weight excluding hydrogens is 279 g/mol. The Kier molecular flexibility index (Phi) is 5.51. The predicted octanol–water partition coefficient (Wildman–Crippen LogP) is 1.03. The van der Waals surface area contributed by atoms with Crippen LogP contribution in [-0.2, 0) is 43.8 Å². The monoisotopic (exact) mass is 287 g/mol. The van der Waals surface area contributed by atoms with Crippen LogP contribution >= 0.6 is 0 Å². The minimum Gasteiger partial charge on any atom is -0.768 e. The van der Waals surface area contributed by atoms with Gasteiger partial charge in [0.25, 0.3) is 0 Å². The molecule has 0 aliphatic carbocycles. The van der Waals surface area contributed by atoms with Gasteiger partial charge >= 0.3 is 32.7 Å². The van der Waals surface area contributed by atoms with Gasteiger partial charge in [0.15, 0.2) is 0 Å². The van der Waals surface area contributed by atoms with Crippen LogP contribution < -0.4 is 5.73 Å². The molecule has 1 atom stereocenters. The first kappa shape index (κ1) is 13.8. The normalized spacial score (nSPS) is 11.5. The van der Waals surface area contributed by atoms with Crippen LogP contribution in [0.15, 0.2) is 29.7 Å². The minimum absolute atomic E-state index is 0. The maximum atomic E-state index is 10.5. The molecule has 0 spiro atoms. The zero-order valence-corrected chi connectivity index (χ0v) is 10.9. The third kappa shape index (κ3) is 3.17. The van der Waals surface area contributed by atoms with Crippen molar-refractivity contribution in [3.63, 3.8) is 0 Å². The van der Waals surface area contributed by atoms with Gasteiger partial charge in [-0.3, -0.25) is 4.21 Å². The van der Waals surface area contributed by atoms with E-state index in [4.69, 9.17) is 10.8 Å². The Morgan fingerprint density at radius 1 is 1.57 bits per heavy atom. The standard InChI is InChI=1S/C8H9NO3S.Y/c1-5(10)7-3-2-6(13(11)12)4-8(7)9;/h2-4,10H,1,9H2,(H,11,12);/q;+3/p-1. The average Bonchev–Trinajstić information content (AvgIpc) is 2.03. The van der Waals surface area contributed by atoms with Crippen molar-refractivity contribution in [1.82, 2.24) is 0 Å². The molecule has 70 valence electrons. The average molecular weight is 287 g/mol. The van der Waals surface area contributed by atoms with Gasteiger partial charge in [-0.05, 0) is 29.3 Å². The Labute approximate surface area is 109 Å². The van der Waals surface area contributed by atoms with Crippen molar-refractivity contribution in [2.75, 3.05) is 5.73 Å². The molecule has 3 N–H and O–H groups in total. The van der Waals surface area contributed by atoms with Crippen LogP contribution in [0.5, 0.6) is 0 Å². The van der Waals surface area contributed by atoms with Gasteiger partial charge in [0.05, 0.1) is 0 Å². The van der Waals surface area contributed by atoms with Crippen LogP contribution in [-0.4, -0.2) is 13.9 Å². The summed E-state index contributed by atoms with van der Waals surface area (Å²) < 4.78 is 21.0. The molecule has 0 aliphatic rings. The van der Waals surface area contributed by atoms with Gasteiger partial charge in [0.2, 0.25) is 0 Å². The van der Waals surface area contributed by atoms with Crippen LogP contribution in [0.2, 0.25) is 0 Å². The number of rotatable bonds is 2. The van der Waals surface area contributed by atoms with Crippen LogP contribution in [0.4, 0.5) is 5.69 Å². The fourth-order valence-corrected chi connectivity index (χ4v) is 1.31. The fraction of sp³-hybridized carbons (Fsp3) is 0. The van der Waals surface area contributed by atoms with E-state index in [-0.39, 0.29) is 49.1 Å². The molecule has 0 heterocycles. The van der Waals surface area contributed by atoms with Crippen molar-refractivity contribution in [3.8, 4) is 0 Å². The number of nitrogens with two attached hydrogens (primary N) is 1. The van der Waals surface area contributed by atoms with Gasteiger partial charge in [-0.2, -0.15) is 0 Å². The van der Waals surface area contributed by atoms with E-state index in [9.17, 15) is 8.76 Å². The smallest absolute Gasteiger partial charge is 0.768 e. The van der Waals surface area contributed by atoms with Gasteiger partial charge in [-0.25, -0.2) is 0 Å². The summed E-state index contributed by atoms with van der Waals surface area (Å²) in [5.74, 6) is -0.180. The summed E-state index contributed by atoms with van der Waals surface area (Å²) in [4.78, 5) is 0.0856. The Balaban J connectivity index is 0.00000169. The Hall–Kier alpha value is -0.226. The number of aliphatic hydroxyl groups is 1. The van der Waals surface area contributed by atoms with Crippen LogP contribution in [0.3, 0.4) is 0 Å². The van der Waals surface area contributed by atoms with Gasteiger partial charge in [-0.1, -0.05) is 6.58 Å². The van der Waals surface area contributed by atoms with Gasteiger partial charge in [0, 0.05) is 16.1 Å². The third-order valence-corrected chi connectivity index (χ3v) is 2.17. The molecule has 0 radical (unpaired) electrons. The molecule has 0 amide bonds. The van der Waals surface area contributed by atoms with Crippen molar-refractivity contribution in [2.24, 2.45) is 0 Å². The zero-order chi connectivity index (χ0) is 10.0. The molecule has 0 aromatic heterocycles. The van der Waals surface area contributed by atoms with Gasteiger partial charge < -0.3 is 15.4 Å². The summed E-state index contributed by atoms with van der Waals surface area (Å²) in [6.45, 7) is 3.28. The van der Waals surface area contributed by atoms with Crippen LogP contribution in [0, 0.1) is 0 Å². The topological polar surface area (TPSA) is 86.4 Å². The first-order valence-corrected chi connectivity index (χ1v) is 4.47. The maximum Gasteiger partial charge on any atom is 3.00 e. The largest absolute Gasteiger partial charge is 3.00 e. The number of aliphatic hydroxyl groups excluding tert-OH is 1. The summed E-state index contributed by atoms with van der Waals surface area (Å²) in [6, 6.07) is 4.01. The molecule has 0 bridgehead atoms. The number of nitrogen functional groups attached to an aromatic ring is 1. The molecule has 0 saturated heterocycles. The van der Waals surface area contributed by atoms with E-state index in [0.29, 0.717) is 5.56 Å². The summed E-state index contributed by atoms with van der Waals surface area (Å²) in [5.41, 5.74) is 6.00. The Morgan fingerprint density at radius 3 is 2.50 bits per heavy atom. The number of anilines is 1. The summed E-state index contributed by atoms with van der Waals surface area (Å²) in [5, 5.41) is 9.01. The van der Waals surface area contributed by atoms with E-state index in [1.54, 1.807) is 0 Å². The van der Waals surface area contributed by atoms with Crippen molar-refractivity contribution in [3.05, 3.63) is 30.3 Å². The zero-order valence-electron chi connectivity index (χ0n) is 7.27. The summed E-state index contributed by atoms with van der Waals surface area (Å²) in [7, 11) is 0. The molecule has 0 fully saturated rings.